The van der Waals surface area contributed by atoms with Gasteiger partial charge in [0, 0.05) is 19.3 Å². The molecule has 0 amide bonds. The minimum atomic E-state index is -0.808. The molecule has 0 saturated heterocycles. The van der Waals surface area contributed by atoms with E-state index in [4.69, 9.17) is 14.2 Å². The smallest absolute Gasteiger partial charge is 0.306 e. The van der Waals surface area contributed by atoms with E-state index < -0.39 is 6.10 Å². The summed E-state index contributed by atoms with van der Waals surface area (Å²) in [6.07, 6.45) is 81.2. The van der Waals surface area contributed by atoms with Crippen molar-refractivity contribution in [2.45, 2.75) is 297 Å². The lowest BCUT2D eigenvalue weighted by Gasteiger charge is -2.18. The maximum absolute atomic E-state index is 12.9. The van der Waals surface area contributed by atoms with Crippen molar-refractivity contribution in [3.05, 3.63) is 97.2 Å². The van der Waals surface area contributed by atoms with Crippen LogP contribution in [-0.2, 0) is 28.6 Å². The molecule has 0 N–H and O–H groups in total. The van der Waals surface area contributed by atoms with Crippen molar-refractivity contribution < 1.29 is 28.6 Å². The van der Waals surface area contributed by atoms with Crippen LogP contribution in [0, 0.1) is 0 Å². The zero-order chi connectivity index (χ0) is 52.9. The number of carbonyl (C=O) groups excluding carboxylic acids is 3. The average Bonchev–Trinajstić information content (AvgIpc) is 3.39. The summed E-state index contributed by atoms with van der Waals surface area (Å²) in [5, 5.41) is 0. The van der Waals surface area contributed by atoms with Gasteiger partial charge in [0.1, 0.15) is 13.2 Å². The quantitative estimate of drug-likeness (QED) is 0.0261. The van der Waals surface area contributed by atoms with E-state index >= 15 is 0 Å². The zero-order valence-electron chi connectivity index (χ0n) is 47.9. The average molecular weight is 1020 g/mol. The maximum atomic E-state index is 12.9. The number of carbonyl (C=O) groups is 3. The highest BCUT2D eigenvalue weighted by Gasteiger charge is 2.19. The second kappa shape index (κ2) is 60.9. The Morgan fingerprint density at radius 3 is 0.904 bits per heavy atom. The molecule has 0 bridgehead atoms. The van der Waals surface area contributed by atoms with Crippen LogP contribution in [0.15, 0.2) is 97.2 Å². The van der Waals surface area contributed by atoms with Gasteiger partial charge in [0.15, 0.2) is 6.10 Å². The van der Waals surface area contributed by atoms with Crippen molar-refractivity contribution >= 4 is 17.9 Å². The molecule has 0 radical (unpaired) electrons. The zero-order valence-corrected chi connectivity index (χ0v) is 47.9. The Morgan fingerprint density at radius 2 is 0.548 bits per heavy atom. The van der Waals surface area contributed by atoms with Gasteiger partial charge in [-0.3, -0.25) is 14.4 Å². The minimum absolute atomic E-state index is 0.102. The van der Waals surface area contributed by atoms with Crippen molar-refractivity contribution in [2.75, 3.05) is 13.2 Å². The fraction of sp³-hybridized carbons (Fsp3) is 0.716. The fourth-order valence-corrected chi connectivity index (χ4v) is 8.44. The largest absolute Gasteiger partial charge is 0.462 e. The minimum Gasteiger partial charge on any atom is -0.462 e. The molecule has 0 aromatic rings. The highest BCUT2D eigenvalue weighted by atomic mass is 16.6. The van der Waals surface area contributed by atoms with Crippen LogP contribution in [-0.4, -0.2) is 37.2 Å². The normalized spacial score (nSPS) is 12.8. The van der Waals surface area contributed by atoms with Crippen molar-refractivity contribution in [2.24, 2.45) is 0 Å². The molecule has 6 heteroatoms. The molecule has 0 heterocycles. The van der Waals surface area contributed by atoms with Crippen LogP contribution in [0.2, 0.25) is 0 Å². The molecule has 73 heavy (non-hydrogen) atoms. The third kappa shape index (κ3) is 59.1. The van der Waals surface area contributed by atoms with E-state index in [0.717, 1.165) is 96.3 Å². The molecule has 1 atom stereocenters. The van der Waals surface area contributed by atoms with Gasteiger partial charge in [-0.25, -0.2) is 0 Å². The van der Waals surface area contributed by atoms with Crippen LogP contribution < -0.4 is 0 Å². The molecule has 0 rings (SSSR count). The van der Waals surface area contributed by atoms with Crippen LogP contribution in [0.25, 0.3) is 0 Å². The van der Waals surface area contributed by atoms with E-state index in [-0.39, 0.29) is 37.5 Å². The van der Waals surface area contributed by atoms with Gasteiger partial charge < -0.3 is 14.2 Å². The summed E-state index contributed by atoms with van der Waals surface area (Å²) in [6, 6.07) is 0. The summed E-state index contributed by atoms with van der Waals surface area (Å²) in [5.41, 5.74) is 0. The topological polar surface area (TPSA) is 78.9 Å². The first-order chi connectivity index (χ1) is 36.0. The van der Waals surface area contributed by atoms with Gasteiger partial charge in [0.25, 0.3) is 0 Å². The molecule has 0 spiro atoms. The second-order valence-corrected chi connectivity index (χ2v) is 20.2. The predicted octanol–water partition coefficient (Wildman–Crippen LogP) is 20.9. The molecule has 0 fully saturated rings. The molecule has 0 aliphatic heterocycles. The summed E-state index contributed by atoms with van der Waals surface area (Å²) >= 11 is 0. The molecule has 0 aromatic heterocycles. The molecular weight excluding hydrogens is 901 g/mol. The van der Waals surface area contributed by atoms with E-state index in [2.05, 4.69) is 118 Å². The summed E-state index contributed by atoms with van der Waals surface area (Å²) < 4.78 is 16.9. The van der Waals surface area contributed by atoms with Crippen molar-refractivity contribution in [3.63, 3.8) is 0 Å². The highest BCUT2D eigenvalue weighted by molar-refractivity contribution is 5.71. The summed E-state index contributed by atoms with van der Waals surface area (Å²) in [5.74, 6) is -0.967. The van der Waals surface area contributed by atoms with Gasteiger partial charge in [-0.05, 0) is 116 Å². The van der Waals surface area contributed by atoms with Crippen LogP contribution in [0.5, 0.6) is 0 Å². The van der Waals surface area contributed by atoms with Gasteiger partial charge in [-0.15, -0.1) is 0 Å². The van der Waals surface area contributed by atoms with Gasteiger partial charge >= 0.3 is 17.9 Å². The lowest BCUT2D eigenvalue weighted by molar-refractivity contribution is -0.167. The third-order valence-electron chi connectivity index (χ3n) is 13.0. The van der Waals surface area contributed by atoms with Gasteiger partial charge in [-0.1, -0.05) is 253 Å². The number of ether oxygens (including phenoxy) is 3. The molecule has 0 saturated carbocycles. The molecule has 418 valence electrons. The molecule has 1 unspecified atom stereocenters. The lowest BCUT2D eigenvalue weighted by Crippen LogP contribution is -2.30. The highest BCUT2D eigenvalue weighted by Crippen LogP contribution is 2.15. The molecule has 0 aliphatic carbocycles. The summed E-state index contributed by atoms with van der Waals surface area (Å²) in [4.78, 5) is 38.3. The maximum Gasteiger partial charge on any atom is 0.306 e. The number of hydrogen-bond acceptors (Lipinski definition) is 6. The van der Waals surface area contributed by atoms with E-state index in [1.807, 2.05) is 0 Å². The molecule has 6 nitrogen and oxygen atoms in total. The monoisotopic (exact) mass is 1010 g/mol. The Balaban J connectivity index is 4.48. The number of unbranched alkanes of at least 4 members (excludes halogenated alkanes) is 28. The van der Waals surface area contributed by atoms with Gasteiger partial charge in [-0.2, -0.15) is 0 Å². The lowest BCUT2D eigenvalue weighted by atomic mass is 10.1. The Kier molecular flexibility index (Phi) is 57.8. The summed E-state index contributed by atoms with van der Waals surface area (Å²) in [7, 11) is 0. The van der Waals surface area contributed by atoms with Gasteiger partial charge in [0.05, 0.1) is 0 Å². The predicted molar refractivity (Wildman–Crippen MR) is 316 cm³/mol. The fourth-order valence-electron chi connectivity index (χ4n) is 8.44. The number of hydrogen-bond donors (Lipinski definition) is 0. The SMILES string of the molecule is CC/C=C\C/C=C\C/C=C\C/C=C\CCCCCCCCC(=O)OCC(COC(=O)CCC/C=C\C/C=C\C/C=C\CCCCCCCC)OC(=O)CCCCCCCCC/C=C\CCCCCCCCCC. The molecule has 0 aliphatic rings. The van der Waals surface area contributed by atoms with Gasteiger partial charge in [0.2, 0.25) is 0 Å². The first-order valence-electron chi connectivity index (χ1n) is 30.7. The van der Waals surface area contributed by atoms with Crippen LogP contribution >= 0.6 is 0 Å². The standard InChI is InChI=1S/C67H114O6/c1-4-7-10-13-16-19-22-25-28-31-33-36-39-42-45-48-51-54-57-60-66(69)72-63-64(62-71-65(68)59-56-53-50-47-44-41-38-35-30-27-24-21-18-15-12-9-6-3)73-67(70)61-58-55-52-49-46-43-40-37-34-32-29-26-23-20-17-14-11-8-5-2/h7,10,16,19,25,27-28,30,32-34,36,38,41,47,50,64H,4-6,8-9,11-15,17-18,20-24,26,29,31,35,37,39-40,42-46,48-49,51-63H2,1-3H3/b10-7-,19-16-,28-25-,30-27-,34-32-,36-33-,41-38-,50-47-. The molecule has 0 aromatic carbocycles. The van der Waals surface area contributed by atoms with Crippen LogP contribution in [0.4, 0.5) is 0 Å². The Bertz CT molecular complexity index is 1440. The van der Waals surface area contributed by atoms with E-state index in [1.54, 1.807) is 0 Å². The number of allylic oxidation sites excluding steroid dienone is 16. The number of esters is 3. The second-order valence-electron chi connectivity index (χ2n) is 20.2. The summed E-state index contributed by atoms with van der Waals surface area (Å²) in [6.45, 7) is 6.48. The van der Waals surface area contributed by atoms with E-state index in [0.29, 0.717) is 19.3 Å². The van der Waals surface area contributed by atoms with Crippen molar-refractivity contribution in [1.82, 2.24) is 0 Å². The first-order valence-corrected chi connectivity index (χ1v) is 30.7. The Morgan fingerprint density at radius 1 is 0.288 bits per heavy atom. The Labute approximate surface area is 451 Å². The van der Waals surface area contributed by atoms with E-state index in [9.17, 15) is 14.4 Å². The third-order valence-corrected chi connectivity index (χ3v) is 13.0. The Hall–Kier alpha value is -3.67. The first kappa shape index (κ1) is 69.3. The number of rotatable bonds is 55. The van der Waals surface area contributed by atoms with Crippen molar-refractivity contribution in [1.29, 1.82) is 0 Å². The van der Waals surface area contributed by atoms with Crippen LogP contribution in [0.3, 0.4) is 0 Å². The van der Waals surface area contributed by atoms with Crippen LogP contribution in [0.1, 0.15) is 290 Å². The molecular formula is C67H114O6. The van der Waals surface area contributed by atoms with E-state index in [1.165, 1.54) is 148 Å². The van der Waals surface area contributed by atoms with Crippen molar-refractivity contribution in [3.8, 4) is 0 Å².